The highest BCUT2D eigenvalue weighted by Crippen LogP contribution is 2.34. The number of rotatable bonds is 7. The van der Waals surface area contributed by atoms with Crippen LogP contribution in [0.5, 0.6) is 0 Å². The molecule has 1 aromatic rings. The van der Waals surface area contributed by atoms with Crippen molar-refractivity contribution in [3.05, 3.63) is 24.3 Å². The van der Waals surface area contributed by atoms with Gasteiger partial charge in [0.2, 0.25) is 0 Å². The first-order valence-electron chi connectivity index (χ1n) is 6.49. The standard InChI is InChI=1S/C13H18F3NO3S/c1-2-10(7-8-18)9-17-11-5-3-4-6-12(11)21(19,20)13(14,15)16/h3-6,10,17-18H,2,7-9H2,1H3/t10-/m0/s1. The van der Waals surface area contributed by atoms with Gasteiger partial charge in [-0.3, -0.25) is 0 Å². The molecule has 0 aliphatic rings. The molecule has 0 spiro atoms. The Morgan fingerprint density at radius 3 is 2.43 bits per heavy atom. The smallest absolute Gasteiger partial charge is 0.396 e. The van der Waals surface area contributed by atoms with E-state index in [9.17, 15) is 21.6 Å². The molecule has 1 aromatic carbocycles. The predicted molar refractivity (Wildman–Crippen MR) is 73.7 cm³/mol. The molecular weight excluding hydrogens is 307 g/mol. The third-order valence-corrected chi connectivity index (χ3v) is 4.72. The summed E-state index contributed by atoms with van der Waals surface area (Å²) in [6.07, 6.45) is 1.22. The molecule has 0 fully saturated rings. The van der Waals surface area contributed by atoms with Crippen molar-refractivity contribution in [3.63, 3.8) is 0 Å². The number of hydrogen-bond acceptors (Lipinski definition) is 4. The zero-order valence-electron chi connectivity index (χ0n) is 11.5. The van der Waals surface area contributed by atoms with Crippen molar-refractivity contribution in [2.45, 2.75) is 30.2 Å². The van der Waals surface area contributed by atoms with Crippen molar-refractivity contribution in [3.8, 4) is 0 Å². The number of anilines is 1. The van der Waals surface area contributed by atoms with Crippen molar-refractivity contribution in [2.75, 3.05) is 18.5 Å². The van der Waals surface area contributed by atoms with Crippen LogP contribution in [0.1, 0.15) is 19.8 Å². The van der Waals surface area contributed by atoms with E-state index in [0.29, 0.717) is 13.0 Å². The lowest BCUT2D eigenvalue weighted by molar-refractivity contribution is -0.0435. The van der Waals surface area contributed by atoms with Crippen LogP contribution in [0.3, 0.4) is 0 Å². The van der Waals surface area contributed by atoms with Crippen LogP contribution in [0.25, 0.3) is 0 Å². The van der Waals surface area contributed by atoms with Gasteiger partial charge >= 0.3 is 5.51 Å². The van der Waals surface area contributed by atoms with Gasteiger partial charge in [-0.2, -0.15) is 13.2 Å². The van der Waals surface area contributed by atoms with Gasteiger partial charge in [0, 0.05) is 13.2 Å². The number of sulfone groups is 1. The van der Waals surface area contributed by atoms with Crippen LogP contribution in [-0.2, 0) is 9.84 Å². The second-order valence-corrected chi connectivity index (χ2v) is 6.52. The van der Waals surface area contributed by atoms with Gasteiger partial charge < -0.3 is 10.4 Å². The number of para-hydroxylation sites is 1. The normalized spacial score (nSPS) is 14.0. The van der Waals surface area contributed by atoms with Crippen molar-refractivity contribution >= 4 is 15.5 Å². The number of alkyl halides is 3. The summed E-state index contributed by atoms with van der Waals surface area (Å²) in [6.45, 7) is 2.16. The van der Waals surface area contributed by atoms with Crippen molar-refractivity contribution in [2.24, 2.45) is 5.92 Å². The summed E-state index contributed by atoms with van der Waals surface area (Å²) in [5, 5.41) is 11.6. The first-order chi connectivity index (χ1) is 9.74. The Morgan fingerprint density at radius 2 is 1.90 bits per heavy atom. The molecule has 0 amide bonds. The molecule has 0 aliphatic carbocycles. The largest absolute Gasteiger partial charge is 0.501 e. The first kappa shape index (κ1) is 17.8. The van der Waals surface area contributed by atoms with Crippen molar-refractivity contribution in [1.82, 2.24) is 0 Å². The third-order valence-electron chi connectivity index (χ3n) is 3.18. The lowest BCUT2D eigenvalue weighted by Crippen LogP contribution is -2.25. The number of halogens is 3. The maximum Gasteiger partial charge on any atom is 0.501 e. The Bertz CT molecular complexity index is 558. The Labute approximate surface area is 121 Å². The summed E-state index contributed by atoms with van der Waals surface area (Å²) in [6, 6.07) is 4.93. The quantitative estimate of drug-likeness (QED) is 0.809. The second-order valence-electron chi connectivity index (χ2n) is 4.61. The molecule has 0 aromatic heterocycles. The third kappa shape index (κ3) is 4.34. The lowest BCUT2D eigenvalue weighted by atomic mass is 10.0. The molecule has 0 aliphatic heterocycles. The molecule has 0 unspecified atom stereocenters. The Hall–Kier alpha value is -1.28. The van der Waals surface area contributed by atoms with Gasteiger partial charge in [-0.25, -0.2) is 8.42 Å². The van der Waals surface area contributed by atoms with Crippen LogP contribution in [0.4, 0.5) is 18.9 Å². The number of hydrogen-bond donors (Lipinski definition) is 2. The molecular formula is C13H18F3NO3S. The fourth-order valence-corrected chi connectivity index (χ4v) is 2.80. The topological polar surface area (TPSA) is 66.4 Å². The minimum atomic E-state index is -5.39. The summed E-state index contributed by atoms with van der Waals surface area (Å²) in [4.78, 5) is -0.781. The van der Waals surface area contributed by atoms with Gasteiger partial charge in [0.05, 0.1) is 10.6 Å². The van der Waals surface area contributed by atoms with Crippen LogP contribution < -0.4 is 5.32 Å². The van der Waals surface area contributed by atoms with E-state index in [2.05, 4.69) is 5.32 Å². The summed E-state index contributed by atoms with van der Waals surface area (Å²) >= 11 is 0. The molecule has 0 radical (unpaired) electrons. The van der Waals surface area contributed by atoms with Crippen LogP contribution in [0.2, 0.25) is 0 Å². The average molecular weight is 325 g/mol. The van der Waals surface area contributed by atoms with Gasteiger partial charge in [-0.15, -0.1) is 0 Å². The summed E-state index contributed by atoms with van der Waals surface area (Å²) < 4.78 is 60.9. The van der Waals surface area contributed by atoms with Crippen molar-refractivity contribution in [1.29, 1.82) is 0 Å². The fourth-order valence-electron chi connectivity index (χ4n) is 1.86. The Morgan fingerprint density at radius 1 is 1.29 bits per heavy atom. The molecule has 4 nitrogen and oxygen atoms in total. The first-order valence-corrected chi connectivity index (χ1v) is 7.97. The van der Waals surface area contributed by atoms with E-state index >= 15 is 0 Å². The maximum atomic E-state index is 12.6. The van der Waals surface area contributed by atoms with Crippen molar-refractivity contribution < 1.29 is 26.7 Å². The highest BCUT2D eigenvalue weighted by Gasteiger charge is 2.47. The van der Waals surface area contributed by atoms with Crippen LogP contribution >= 0.6 is 0 Å². The van der Waals surface area contributed by atoms with Crippen LogP contribution in [0, 0.1) is 5.92 Å². The Balaban J connectivity index is 3.01. The van der Waals surface area contributed by atoms with Gasteiger partial charge in [0.15, 0.2) is 0 Å². The summed E-state index contributed by atoms with van der Waals surface area (Å²) in [5.74, 6) is 0.0525. The fraction of sp³-hybridized carbons (Fsp3) is 0.538. The van der Waals surface area contributed by atoms with Crippen LogP contribution in [-0.4, -0.2) is 32.2 Å². The number of benzene rings is 1. The molecule has 8 heteroatoms. The molecule has 21 heavy (non-hydrogen) atoms. The predicted octanol–water partition coefficient (Wildman–Crippen LogP) is 2.80. The number of aliphatic hydroxyl groups is 1. The maximum absolute atomic E-state index is 12.6. The van der Waals surface area contributed by atoms with E-state index < -0.39 is 20.2 Å². The number of nitrogens with one attached hydrogen (secondary N) is 1. The molecule has 2 N–H and O–H groups in total. The van der Waals surface area contributed by atoms with Gasteiger partial charge in [0.1, 0.15) is 0 Å². The lowest BCUT2D eigenvalue weighted by Gasteiger charge is -2.18. The van der Waals surface area contributed by atoms with E-state index in [1.165, 1.54) is 18.2 Å². The molecule has 0 saturated carbocycles. The Kier molecular flexibility index (Phi) is 6.03. The second kappa shape index (κ2) is 7.13. The molecule has 120 valence electrons. The van der Waals surface area contributed by atoms with E-state index in [1.54, 1.807) is 0 Å². The average Bonchev–Trinajstić information content (AvgIpc) is 2.42. The van der Waals surface area contributed by atoms with E-state index in [0.717, 1.165) is 12.5 Å². The molecule has 0 heterocycles. The monoisotopic (exact) mass is 325 g/mol. The zero-order chi connectivity index (χ0) is 16.1. The summed E-state index contributed by atoms with van der Waals surface area (Å²) in [5.41, 5.74) is -5.41. The summed E-state index contributed by atoms with van der Waals surface area (Å²) in [7, 11) is -5.39. The SMILES string of the molecule is CC[C@@H](CCO)CNc1ccccc1S(=O)(=O)C(F)(F)F. The molecule has 0 saturated heterocycles. The van der Waals surface area contributed by atoms with Gasteiger partial charge in [0.25, 0.3) is 9.84 Å². The molecule has 1 rings (SSSR count). The van der Waals surface area contributed by atoms with E-state index in [-0.39, 0.29) is 18.2 Å². The minimum Gasteiger partial charge on any atom is -0.396 e. The van der Waals surface area contributed by atoms with Gasteiger partial charge in [-0.1, -0.05) is 25.5 Å². The molecule has 0 bridgehead atoms. The van der Waals surface area contributed by atoms with E-state index in [1.807, 2.05) is 6.92 Å². The minimum absolute atomic E-state index is 0.0251. The van der Waals surface area contributed by atoms with E-state index in [4.69, 9.17) is 5.11 Å². The number of aliphatic hydroxyl groups excluding tert-OH is 1. The zero-order valence-corrected chi connectivity index (χ0v) is 12.3. The van der Waals surface area contributed by atoms with Crippen LogP contribution in [0.15, 0.2) is 29.2 Å². The highest BCUT2D eigenvalue weighted by atomic mass is 32.2. The van der Waals surface area contributed by atoms with Gasteiger partial charge in [-0.05, 0) is 24.5 Å². The highest BCUT2D eigenvalue weighted by molar-refractivity contribution is 7.92. The molecule has 1 atom stereocenters.